The van der Waals surface area contributed by atoms with Crippen molar-refractivity contribution in [2.24, 2.45) is 23.7 Å². The van der Waals surface area contributed by atoms with Crippen molar-refractivity contribution < 1.29 is 13.9 Å². The van der Waals surface area contributed by atoms with Gasteiger partial charge in [0.2, 0.25) is 0 Å². The van der Waals surface area contributed by atoms with Crippen LogP contribution in [0.4, 0.5) is 9.18 Å². The fourth-order valence-corrected chi connectivity index (χ4v) is 6.32. The van der Waals surface area contributed by atoms with Crippen LogP contribution in [0.1, 0.15) is 50.2 Å². The molecule has 0 heterocycles. The van der Waals surface area contributed by atoms with E-state index in [4.69, 9.17) is 4.74 Å². The Morgan fingerprint density at radius 2 is 1.58 bits per heavy atom. The number of rotatable bonds is 7. The van der Waals surface area contributed by atoms with E-state index >= 15 is 0 Å². The zero-order chi connectivity index (χ0) is 21.2. The number of halogens is 1. The van der Waals surface area contributed by atoms with Crippen LogP contribution in [0, 0.1) is 29.5 Å². The van der Waals surface area contributed by atoms with Gasteiger partial charge in [-0.25, -0.2) is 9.18 Å². The first kappa shape index (κ1) is 20.3. The van der Waals surface area contributed by atoms with E-state index in [-0.39, 0.29) is 18.0 Å². The molecule has 0 aromatic heterocycles. The van der Waals surface area contributed by atoms with Gasteiger partial charge >= 0.3 is 6.03 Å². The SMILES string of the molecule is O=C(NCCC(Oc1ccc(F)cc1)c1ccccc1)NC1C2CC3CC(C2)CC1C3. The summed E-state index contributed by atoms with van der Waals surface area (Å²) in [4.78, 5) is 12.6. The highest BCUT2D eigenvalue weighted by Gasteiger charge is 2.48. The van der Waals surface area contributed by atoms with Crippen LogP contribution in [0.5, 0.6) is 5.75 Å². The van der Waals surface area contributed by atoms with Gasteiger partial charge in [0.1, 0.15) is 17.7 Å². The van der Waals surface area contributed by atoms with Gasteiger partial charge in [-0.3, -0.25) is 0 Å². The molecular weight excluding hydrogens is 391 g/mol. The molecule has 5 heteroatoms. The summed E-state index contributed by atoms with van der Waals surface area (Å²) in [5.41, 5.74) is 1.04. The van der Waals surface area contributed by atoms with Crippen molar-refractivity contribution >= 4 is 6.03 Å². The van der Waals surface area contributed by atoms with E-state index in [1.807, 2.05) is 30.3 Å². The first-order valence-electron chi connectivity index (χ1n) is 11.7. The van der Waals surface area contributed by atoms with Gasteiger partial charge in [-0.15, -0.1) is 0 Å². The lowest BCUT2D eigenvalue weighted by Gasteiger charge is -2.54. The summed E-state index contributed by atoms with van der Waals surface area (Å²) in [7, 11) is 0. The summed E-state index contributed by atoms with van der Waals surface area (Å²) in [5, 5.41) is 6.35. The van der Waals surface area contributed by atoms with Crippen LogP contribution in [0.2, 0.25) is 0 Å². The molecule has 2 aromatic carbocycles. The van der Waals surface area contributed by atoms with Crippen molar-refractivity contribution in [3.63, 3.8) is 0 Å². The molecule has 4 saturated carbocycles. The number of carbonyl (C=O) groups excluding carboxylic acids is 1. The lowest BCUT2D eigenvalue weighted by Crippen LogP contribution is -2.57. The fourth-order valence-electron chi connectivity index (χ4n) is 6.32. The largest absolute Gasteiger partial charge is 0.486 e. The van der Waals surface area contributed by atoms with Gasteiger partial charge in [0.05, 0.1) is 0 Å². The lowest BCUT2D eigenvalue weighted by molar-refractivity contribution is -0.00943. The van der Waals surface area contributed by atoms with E-state index in [2.05, 4.69) is 10.6 Å². The Balaban J connectivity index is 1.16. The molecule has 0 aliphatic heterocycles. The Bertz CT molecular complexity index is 858. The first-order valence-corrected chi connectivity index (χ1v) is 11.7. The summed E-state index contributed by atoms with van der Waals surface area (Å²) in [6, 6.07) is 16.3. The standard InChI is InChI=1S/C26H31FN2O2/c27-22-6-8-23(9-7-22)31-24(19-4-2-1-3-5-19)10-11-28-26(30)29-25-20-13-17-12-18(15-20)16-21(25)14-17/h1-9,17-18,20-21,24-25H,10-16H2,(H2,28,29,30). The highest BCUT2D eigenvalue weighted by Crippen LogP contribution is 2.53. The monoisotopic (exact) mass is 422 g/mol. The number of carbonyl (C=O) groups is 1. The molecule has 2 N–H and O–H groups in total. The minimum Gasteiger partial charge on any atom is -0.486 e. The van der Waals surface area contributed by atoms with Gasteiger partial charge < -0.3 is 15.4 Å². The van der Waals surface area contributed by atoms with Crippen molar-refractivity contribution in [2.75, 3.05) is 6.54 Å². The van der Waals surface area contributed by atoms with Crippen LogP contribution < -0.4 is 15.4 Å². The second-order valence-corrected chi connectivity index (χ2v) is 9.62. The molecule has 0 radical (unpaired) electrons. The number of benzene rings is 2. The van der Waals surface area contributed by atoms with E-state index in [9.17, 15) is 9.18 Å². The van der Waals surface area contributed by atoms with Crippen LogP contribution >= 0.6 is 0 Å². The third-order valence-electron chi connectivity index (χ3n) is 7.48. The zero-order valence-corrected chi connectivity index (χ0v) is 17.8. The van der Waals surface area contributed by atoms with Crippen LogP contribution in [0.15, 0.2) is 54.6 Å². The number of nitrogens with one attached hydrogen (secondary N) is 2. The van der Waals surface area contributed by atoms with E-state index < -0.39 is 0 Å². The number of hydrogen-bond acceptors (Lipinski definition) is 2. The maximum Gasteiger partial charge on any atom is 0.315 e. The third-order valence-corrected chi connectivity index (χ3v) is 7.48. The van der Waals surface area contributed by atoms with Crippen LogP contribution in [0.25, 0.3) is 0 Å². The van der Waals surface area contributed by atoms with Crippen LogP contribution in [-0.2, 0) is 0 Å². The highest BCUT2D eigenvalue weighted by molar-refractivity contribution is 5.74. The maximum absolute atomic E-state index is 13.2. The van der Waals surface area contributed by atoms with Crippen molar-refractivity contribution in [1.29, 1.82) is 0 Å². The van der Waals surface area contributed by atoms with E-state index in [1.54, 1.807) is 12.1 Å². The molecule has 0 spiro atoms. The number of amides is 2. The number of urea groups is 1. The average molecular weight is 423 g/mol. The molecule has 2 aromatic rings. The molecule has 4 nitrogen and oxygen atoms in total. The summed E-state index contributed by atoms with van der Waals surface area (Å²) in [5.74, 6) is 3.47. The molecule has 6 rings (SSSR count). The van der Waals surface area contributed by atoms with Gasteiger partial charge in [-0.2, -0.15) is 0 Å². The van der Waals surface area contributed by atoms with Gasteiger partial charge in [0.25, 0.3) is 0 Å². The number of ether oxygens (including phenoxy) is 1. The molecule has 4 fully saturated rings. The molecule has 4 aliphatic rings. The maximum atomic E-state index is 13.2. The van der Waals surface area contributed by atoms with E-state index in [0.29, 0.717) is 36.6 Å². The normalized spacial score (nSPS) is 29.4. The summed E-state index contributed by atoms with van der Waals surface area (Å²) in [6.07, 6.45) is 7.00. The van der Waals surface area contributed by atoms with Crippen molar-refractivity contribution in [2.45, 2.75) is 50.7 Å². The fraction of sp³-hybridized carbons (Fsp3) is 0.500. The molecule has 4 aliphatic carbocycles. The summed E-state index contributed by atoms with van der Waals surface area (Å²) >= 11 is 0. The molecule has 1 atom stereocenters. The molecule has 2 amide bonds. The topological polar surface area (TPSA) is 50.4 Å². The lowest BCUT2D eigenvalue weighted by atomic mass is 9.54. The average Bonchev–Trinajstić information content (AvgIpc) is 2.77. The van der Waals surface area contributed by atoms with Crippen LogP contribution in [0.3, 0.4) is 0 Å². The highest BCUT2D eigenvalue weighted by atomic mass is 19.1. The van der Waals surface area contributed by atoms with Crippen LogP contribution in [-0.4, -0.2) is 18.6 Å². The molecule has 31 heavy (non-hydrogen) atoms. The summed E-state index contributed by atoms with van der Waals surface area (Å²) in [6.45, 7) is 0.514. The Kier molecular flexibility index (Phi) is 5.84. The predicted octanol–water partition coefficient (Wildman–Crippen LogP) is 5.46. The Morgan fingerprint density at radius 3 is 2.23 bits per heavy atom. The molecule has 1 unspecified atom stereocenters. The minimum atomic E-state index is -0.285. The van der Waals surface area contributed by atoms with Crippen molar-refractivity contribution in [3.8, 4) is 5.75 Å². The first-order chi connectivity index (χ1) is 15.1. The van der Waals surface area contributed by atoms with E-state index in [1.165, 1.54) is 44.2 Å². The second kappa shape index (κ2) is 8.89. The van der Waals surface area contributed by atoms with Gasteiger partial charge in [-0.1, -0.05) is 30.3 Å². The molecule has 0 saturated heterocycles. The Morgan fingerprint density at radius 1 is 0.935 bits per heavy atom. The van der Waals surface area contributed by atoms with Crippen molar-refractivity contribution in [1.82, 2.24) is 10.6 Å². The third kappa shape index (κ3) is 4.70. The van der Waals surface area contributed by atoms with Gasteiger partial charge in [0, 0.05) is 19.0 Å². The van der Waals surface area contributed by atoms with Crippen molar-refractivity contribution in [3.05, 3.63) is 66.0 Å². The molecule has 164 valence electrons. The number of hydrogen-bond donors (Lipinski definition) is 2. The Hall–Kier alpha value is -2.56. The summed E-state index contributed by atoms with van der Waals surface area (Å²) < 4.78 is 19.4. The minimum absolute atomic E-state index is 0.0638. The predicted molar refractivity (Wildman–Crippen MR) is 118 cm³/mol. The second-order valence-electron chi connectivity index (χ2n) is 9.62. The smallest absolute Gasteiger partial charge is 0.315 e. The quantitative estimate of drug-likeness (QED) is 0.623. The van der Waals surface area contributed by atoms with Gasteiger partial charge in [0.15, 0.2) is 0 Å². The van der Waals surface area contributed by atoms with E-state index in [0.717, 1.165) is 17.4 Å². The van der Waals surface area contributed by atoms with Gasteiger partial charge in [-0.05, 0) is 85.6 Å². The zero-order valence-electron chi connectivity index (χ0n) is 17.8. The molecular formula is C26H31FN2O2. The Labute approximate surface area is 183 Å². The molecule has 4 bridgehead atoms.